The van der Waals surface area contributed by atoms with Crippen LogP contribution in [0.2, 0.25) is 0 Å². The summed E-state index contributed by atoms with van der Waals surface area (Å²) in [6.07, 6.45) is 2.09. The van der Waals surface area contributed by atoms with Gasteiger partial charge in [0.1, 0.15) is 5.54 Å². The van der Waals surface area contributed by atoms with E-state index in [0.29, 0.717) is 38.8 Å². The number of piperidine rings is 1. The van der Waals surface area contributed by atoms with Gasteiger partial charge in [-0.3, -0.25) is 4.79 Å². The number of urea groups is 1. The second-order valence-corrected chi connectivity index (χ2v) is 5.52. The average molecular weight is 285 g/mol. The maximum Gasteiger partial charge on any atom is 0.329 e. The molecule has 0 aromatic rings. The van der Waals surface area contributed by atoms with Crippen molar-refractivity contribution in [1.82, 2.24) is 10.2 Å². The number of likely N-dealkylation sites (tertiary alicyclic amines) is 1. The van der Waals surface area contributed by atoms with Gasteiger partial charge in [0.2, 0.25) is 5.91 Å². The Morgan fingerprint density at radius 1 is 1.35 bits per heavy atom. The second kappa shape index (κ2) is 6.58. The Hall–Kier alpha value is -1.79. The molecule has 0 aromatic carbocycles. The van der Waals surface area contributed by atoms with E-state index in [-0.39, 0.29) is 17.9 Å². The molecule has 1 heterocycles. The number of rotatable bonds is 5. The van der Waals surface area contributed by atoms with Crippen molar-refractivity contribution in [3.05, 3.63) is 0 Å². The molecule has 3 amide bonds. The van der Waals surface area contributed by atoms with Crippen molar-refractivity contribution in [3.63, 3.8) is 0 Å². The lowest BCUT2D eigenvalue weighted by Gasteiger charge is -2.34. The highest BCUT2D eigenvalue weighted by molar-refractivity contribution is 5.85. The van der Waals surface area contributed by atoms with E-state index in [1.807, 2.05) is 0 Å². The average Bonchev–Trinajstić information content (AvgIpc) is 2.38. The molecule has 114 valence electrons. The Morgan fingerprint density at radius 2 is 1.90 bits per heavy atom. The Balaban J connectivity index is 2.51. The van der Waals surface area contributed by atoms with Gasteiger partial charge in [-0.05, 0) is 32.1 Å². The normalized spacial score (nSPS) is 19.2. The van der Waals surface area contributed by atoms with E-state index in [1.54, 1.807) is 11.8 Å². The third-order valence-corrected chi connectivity index (χ3v) is 3.95. The number of primary amides is 1. The van der Waals surface area contributed by atoms with Crippen LogP contribution in [0.3, 0.4) is 0 Å². The lowest BCUT2D eigenvalue weighted by Crippen LogP contribution is -2.56. The molecule has 1 aliphatic heterocycles. The third-order valence-electron chi connectivity index (χ3n) is 3.95. The molecule has 0 spiro atoms. The van der Waals surface area contributed by atoms with E-state index in [1.165, 1.54) is 6.92 Å². The Bertz CT molecular complexity index is 391. The molecule has 4 N–H and O–H groups in total. The van der Waals surface area contributed by atoms with E-state index >= 15 is 0 Å². The summed E-state index contributed by atoms with van der Waals surface area (Å²) in [4.78, 5) is 35.7. The second-order valence-electron chi connectivity index (χ2n) is 5.52. The van der Waals surface area contributed by atoms with Crippen molar-refractivity contribution in [3.8, 4) is 0 Å². The quantitative estimate of drug-likeness (QED) is 0.684. The number of hydrogen-bond donors (Lipinski definition) is 3. The number of carboxylic acids is 1. The lowest BCUT2D eigenvalue weighted by molar-refractivity contribution is -0.143. The molecule has 0 radical (unpaired) electrons. The summed E-state index contributed by atoms with van der Waals surface area (Å²) in [5, 5.41) is 11.7. The van der Waals surface area contributed by atoms with Crippen molar-refractivity contribution in [1.29, 1.82) is 0 Å². The van der Waals surface area contributed by atoms with Gasteiger partial charge in [-0.25, -0.2) is 9.59 Å². The van der Waals surface area contributed by atoms with Crippen LogP contribution in [0.5, 0.6) is 0 Å². The summed E-state index contributed by atoms with van der Waals surface area (Å²) in [6, 6.07) is -0.366. The summed E-state index contributed by atoms with van der Waals surface area (Å²) >= 11 is 0. The minimum atomic E-state index is -1.25. The number of amides is 3. The fourth-order valence-electron chi connectivity index (χ4n) is 2.23. The standard InChI is InChI=1S/C13H23N3O4/c1-3-13(2,11(18)19)15-12(20)16-6-4-9(5-7-16)8-10(14)17/h9H,3-8H2,1-2H3,(H2,14,17)(H,15,20)(H,18,19). The van der Waals surface area contributed by atoms with E-state index < -0.39 is 11.5 Å². The number of nitrogens with zero attached hydrogens (tertiary/aromatic N) is 1. The predicted octanol–water partition coefficient (Wildman–Crippen LogP) is 0.537. The number of nitrogens with two attached hydrogens (primary N) is 1. The molecule has 0 aromatic heterocycles. The smallest absolute Gasteiger partial charge is 0.329 e. The van der Waals surface area contributed by atoms with Crippen molar-refractivity contribution in [2.45, 2.75) is 45.1 Å². The Labute approximate surface area is 118 Å². The van der Waals surface area contributed by atoms with Crippen LogP contribution in [0, 0.1) is 5.92 Å². The first kappa shape index (κ1) is 16.3. The fourth-order valence-corrected chi connectivity index (χ4v) is 2.23. The molecule has 7 heteroatoms. The van der Waals surface area contributed by atoms with Crippen molar-refractivity contribution in [2.75, 3.05) is 13.1 Å². The van der Waals surface area contributed by atoms with Crippen LogP contribution in [0.15, 0.2) is 0 Å². The van der Waals surface area contributed by atoms with Gasteiger partial charge in [0.15, 0.2) is 0 Å². The first-order valence-corrected chi connectivity index (χ1v) is 6.87. The topological polar surface area (TPSA) is 113 Å². The fraction of sp³-hybridized carbons (Fsp3) is 0.769. The molecule has 20 heavy (non-hydrogen) atoms. The van der Waals surface area contributed by atoms with Gasteiger partial charge in [0.25, 0.3) is 0 Å². The van der Waals surface area contributed by atoms with E-state index in [9.17, 15) is 14.4 Å². The molecule has 0 saturated carbocycles. The van der Waals surface area contributed by atoms with Crippen LogP contribution in [0.4, 0.5) is 4.79 Å². The van der Waals surface area contributed by atoms with Crippen LogP contribution < -0.4 is 11.1 Å². The van der Waals surface area contributed by atoms with Gasteiger partial charge >= 0.3 is 12.0 Å². The van der Waals surface area contributed by atoms with Crippen LogP contribution in [-0.2, 0) is 9.59 Å². The number of carboxylic acid groups (broad SMARTS) is 1. The first-order valence-electron chi connectivity index (χ1n) is 6.87. The summed E-state index contributed by atoms with van der Waals surface area (Å²) in [7, 11) is 0. The van der Waals surface area contributed by atoms with Crippen LogP contribution in [-0.4, -0.2) is 46.5 Å². The highest BCUT2D eigenvalue weighted by Gasteiger charge is 2.35. The highest BCUT2D eigenvalue weighted by atomic mass is 16.4. The summed E-state index contributed by atoms with van der Waals surface area (Å²) in [5.41, 5.74) is 3.91. The molecule has 0 bridgehead atoms. The molecule has 1 aliphatic rings. The zero-order chi connectivity index (χ0) is 15.3. The molecule has 1 unspecified atom stereocenters. The number of nitrogens with one attached hydrogen (secondary N) is 1. The van der Waals surface area contributed by atoms with E-state index in [4.69, 9.17) is 10.8 Å². The number of carbonyl (C=O) groups is 3. The predicted molar refractivity (Wildman–Crippen MR) is 73.0 cm³/mol. The van der Waals surface area contributed by atoms with Gasteiger partial charge in [-0.15, -0.1) is 0 Å². The Morgan fingerprint density at radius 3 is 2.30 bits per heavy atom. The first-order chi connectivity index (χ1) is 9.28. The molecule has 1 rings (SSSR count). The maximum atomic E-state index is 12.1. The molecular formula is C13H23N3O4. The van der Waals surface area contributed by atoms with Gasteiger partial charge in [-0.2, -0.15) is 0 Å². The lowest BCUT2D eigenvalue weighted by atomic mass is 9.93. The summed E-state index contributed by atoms with van der Waals surface area (Å²) < 4.78 is 0. The van der Waals surface area contributed by atoms with Gasteiger partial charge in [0, 0.05) is 19.5 Å². The zero-order valence-electron chi connectivity index (χ0n) is 12.0. The summed E-state index contributed by atoms with van der Waals surface area (Å²) in [5.74, 6) is -1.15. The van der Waals surface area contributed by atoms with Gasteiger partial charge < -0.3 is 21.1 Å². The molecule has 7 nitrogen and oxygen atoms in total. The zero-order valence-corrected chi connectivity index (χ0v) is 12.0. The maximum absolute atomic E-state index is 12.1. The SMILES string of the molecule is CCC(C)(NC(=O)N1CCC(CC(N)=O)CC1)C(=O)O. The monoisotopic (exact) mass is 285 g/mol. The Kier molecular flexibility index (Phi) is 5.35. The molecule has 0 aliphatic carbocycles. The van der Waals surface area contributed by atoms with Crippen LogP contribution >= 0.6 is 0 Å². The number of aliphatic carboxylic acids is 1. The molecule has 1 saturated heterocycles. The van der Waals surface area contributed by atoms with Gasteiger partial charge in [0.05, 0.1) is 0 Å². The number of hydrogen-bond acceptors (Lipinski definition) is 3. The van der Waals surface area contributed by atoms with E-state index in [2.05, 4.69) is 5.32 Å². The minimum Gasteiger partial charge on any atom is -0.480 e. The largest absolute Gasteiger partial charge is 0.480 e. The van der Waals surface area contributed by atoms with E-state index in [0.717, 1.165) is 0 Å². The molecule has 1 atom stereocenters. The van der Waals surface area contributed by atoms with Crippen LogP contribution in [0.1, 0.15) is 39.5 Å². The third kappa shape index (κ3) is 4.11. The van der Waals surface area contributed by atoms with Crippen LogP contribution in [0.25, 0.3) is 0 Å². The minimum absolute atomic E-state index is 0.216. The highest BCUT2D eigenvalue weighted by Crippen LogP contribution is 2.20. The van der Waals surface area contributed by atoms with Crippen molar-refractivity contribution >= 4 is 17.9 Å². The summed E-state index contributed by atoms with van der Waals surface area (Å²) in [6.45, 7) is 4.24. The van der Waals surface area contributed by atoms with Crippen molar-refractivity contribution < 1.29 is 19.5 Å². The molecule has 1 fully saturated rings. The van der Waals surface area contributed by atoms with Crippen molar-refractivity contribution in [2.24, 2.45) is 11.7 Å². The number of carbonyl (C=O) groups excluding carboxylic acids is 2. The van der Waals surface area contributed by atoms with Gasteiger partial charge in [-0.1, -0.05) is 6.92 Å². The molecular weight excluding hydrogens is 262 g/mol.